The summed E-state index contributed by atoms with van der Waals surface area (Å²) in [6, 6.07) is 7.28. The summed E-state index contributed by atoms with van der Waals surface area (Å²) in [7, 11) is 0. The molecule has 0 unspecified atom stereocenters. The molecule has 0 fully saturated rings. The van der Waals surface area contributed by atoms with Gasteiger partial charge in [-0.05, 0) is 62.4 Å². The molecule has 3 aromatic heterocycles. The lowest BCUT2D eigenvalue weighted by molar-refractivity contribution is 0.0678. The average molecular weight is 489 g/mol. The summed E-state index contributed by atoms with van der Waals surface area (Å²) in [6.07, 6.45) is 6.63. The fourth-order valence-corrected chi connectivity index (χ4v) is 6.40. The topological polar surface area (TPSA) is 61.9 Å². The van der Waals surface area contributed by atoms with Gasteiger partial charge >= 0.3 is 6.55 Å². The highest BCUT2D eigenvalue weighted by atomic mass is 32.2. The van der Waals surface area contributed by atoms with E-state index in [0.29, 0.717) is 33.4 Å². The Hall–Kier alpha value is -2.72. The molecule has 0 radical (unpaired) electrons. The number of thiophene rings is 1. The third-order valence-corrected chi connectivity index (χ3v) is 7.77. The van der Waals surface area contributed by atoms with Crippen LogP contribution in [-0.2, 0) is 18.6 Å². The van der Waals surface area contributed by atoms with Gasteiger partial charge in [0.15, 0.2) is 5.16 Å². The lowest BCUT2D eigenvalue weighted by Crippen LogP contribution is -2.22. The Morgan fingerprint density at radius 2 is 2.00 bits per heavy atom. The maximum atomic E-state index is 13.8. The van der Waals surface area contributed by atoms with Gasteiger partial charge in [-0.3, -0.25) is 13.9 Å². The maximum Gasteiger partial charge on any atom is 0.319 e. The van der Waals surface area contributed by atoms with Gasteiger partial charge in [0, 0.05) is 17.3 Å². The highest BCUT2D eigenvalue weighted by molar-refractivity contribution is 7.98. The third-order valence-electron chi connectivity index (χ3n) is 5.65. The minimum atomic E-state index is -2.67. The van der Waals surface area contributed by atoms with Crippen LogP contribution < -0.4 is 10.3 Å². The summed E-state index contributed by atoms with van der Waals surface area (Å²) in [5.74, 6) is 1.11. The molecule has 0 bridgehead atoms. The van der Waals surface area contributed by atoms with Crippen LogP contribution in [0.25, 0.3) is 15.9 Å². The van der Waals surface area contributed by atoms with E-state index in [1.54, 1.807) is 15.9 Å². The SMILES string of the molecule is CCOc1ccc(-n2c(SCc3nccn3C(F)F)nc3sc4c(c3c2=O)CCCC4)cc1. The zero-order valence-corrected chi connectivity index (χ0v) is 19.6. The molecule has 0 saturated heterocycles. The van der Waals surface area contributed by atoms with Crippen LogP contribution in [0.3, 0.4) is 0 Å². The van der Waals surface area contributed by atoms with E-state index >= 15 is 0 Å². The number of aryl methyl sites for hydroxylation is 2. The van der Waals surface area contributed by atoms with Crippen molar-refractivity contribution >= 4 is 33.3 Å². The van der Waals surface area contributed by atoms with E-state index in [4.69, 9.17) is 9.72 Å². The number of nitrogens with zero attached hydrogens (tertiary/aromatic N) is 4. The molecule has 1 aliphatic rings. The molecule has 0 N–H and O–H groups in total. The predicted octanol–water partition coefficient (Wildman–Crippen LogP) is 5.61. The van der Waals surface area contributed by atoms with Gasteiger partial charge in [-0.15, -0.1) is 11.3 Å². The Morgan fingerprint density at radius 3 is 2.76 bits per heavy atom. The summed E-state index contributed by atoms with van der Waals surface area (Å²) in [6.45, 7) is -0.212. The standard InChI is InChI=1S/C23H22F2N4O2S2/c1-2-31-15-9-7-14(8-10-15)29-21(30)19-16-5-3-4-6-17(16)33-20(19)27-23(29)32-13-18-26-11-12-28(18)22(24)25/h7-12,22H,2-6,13H2,1H3. The van der Waals surface area contributed by atoms with Gasteiger partial charge in [-0.2, -0.15) is 8.78 Å². The molecule has 172 valence electrons. The maximum absolute atomic E-state index is 13.8. The lowest BCUT2D eigenvalue weighted by Gasteiger charge is -2.14. The van der Waals surface area contributed by atoms with Gasteiger partial charge in [0.1, 0.15) is 16.4 Å². The van der Waals surface area contributed by atoms with Crippen molar-refractivity contribution in [1.29, 1.82) is 0 Å². The fraction of sp³-hybridized carbons (Fsp3) is 0.348. The molecule has 4 aromatic rings. The van der Waals surface area contributed by atoms with Crippen LogP contribution >= 0.6 is 23.1 Å². The number of ether oxygens (including phenoxy) is 1. The second-order valence-electron chi connectivity index (χ2n) is 7.67. The van der Waals surface area contributed by atoms with Gasteiger partial charge in [0.05, 0.1) is 23.4 Å². The van der Waals surface area contributed by atoms with E-state index in [2.05, 4.69) is 4.98 Å². The quantitative estimate of drug-likeness (QED) is 0.250. The van der Waals surface area contributed by atoms with Crippen molar-refractivity contribution in [3.8, 4) is 11.4 Å². The normalized spacial score (nSPS) is 13.6. The second-order valence-corrected chi connectivity index (χ2v) is 9.70. The van der Waals surface area contributed by atoms with Gasteiger partial charge in [0.2, 0.25) is 0 Å². The number of hydrogen-bond acceptors (Lipinski definition) is 6. The Morgan fingerprint density at radius 1 is 1.21 bits per heavy atom. The summed E-state index contributed by atoms with van der Waals surface area (Å²) in [5, 5.41) is 1.14. The van der Waals surface area contributed by atoms with E-state index in [1.807, 2.05) is 31.2 Å². The first-order chi connectivity index (χ1) is 16.1. The summed E-state index contributed by atoms with van der Waals surface area (Å²) >= 11 is 2.80. The zero-order chi connectivity index (χ0) is 22.9. The average Bonchev–Trinajstić information content (AvgIpc) is 3.43. The molecule has 0 saturated carbocycles. The molecule has 0 aliphatic heterocycles. The first-order valence-electron chi connectivity index (χ1n) is 10.8. The van der Waals surface area contributed by atoms with Crippen LogP contribution in [0.2, 0.25) is 0 Å². The second kappa shape index (κ2) is 9.26. The van der Waals surface area contributed by atoms with Crippen LogP contribution in [-0.4, -0.2) is 25.7 Å². The van der Waals surface area contributed by atoms with E-state index in [-0.39, 0.29) is 17.1 Å². The van der Waals surface area contributed by atoms with Gasteiger partial charge in [-0.1, -0.05) is 11.8 Å². The van der Waals surface area contributed by atoms with Crippen molar-refractivity contribution in [2.24, 2.45) is 0 Å². The first-order valence-corrected chi connectivity index (χ1v) is 12.6. The Bertz CT molecular complexity index is 1350. The molecule has 6 nitrogen and oxygen atoms in total. The molecule has 5 rings (SSSR count). The zero-order valence-electron chi connectivity index (χ0n) is 18.0. The number of imidazole rings is 1. The summed E-state index contributed by atoms with van der Waals surface area (Å²) in [4.78, 5) is 24.6. The van der Waals surface area contributed by atoms with Gasteiger partial charge < -0.3 is 4.74 Å². The van der Waals surface area contributed by atoms with Crippen LogP contribution in [0, 0.1) is 0 Å². The predicted molar refractivity (Wildman–Crippen MR) is 126 cm³/mol. The van der Waals surface area contributed by atoms with Crippen LogP contribution in [0.15, 0.2) is 46.6 Å². The number of rotatable bonds is 7. The van der Waals surface area contributed by atoms with Crippen molar-refractivity contribution in [2.45, 2.75) is 50.1 Å². The molecule has 1 aromatic carbocycles. The van der Waals surface area contributed by atoms with Crippen molar-refractivity contribution in [3.63, 3.8) is 0 Å². The number of alkyl halides is 2. The van der Waals surface area contributed by atoms with Gasteiger partial charge in [0.25, 0.3) is 5.56 Å². The lowest BCUT2D eigenvalue weighted by atomic mass is 9.97. The molecule has 0 spiro atoms. The molecular weight excluding hydrogens is 466 g/mol. The van der Waals surface area contributed by atoms with Crippen molar-refractivity contribution in [2.75, 3.05) is 6.61 Å². The Balaban J connectivity index is 1.62. The highest BCUT2D eigenvalue weighted by Gasteiger charge is 2.23. The molecule has 0 amide bonds. The van der Waals surface area contributed by atoms with Crippen LogP contribution in [0.4, 0.5) is 8.78 Å². The van der Waals surface area contributed by atoms with E-state index in [9.17, 15) is 13.6 Å². The van der Waals surface area contributed by atoms with Crippen LogP contribution in [0.1, 0.15) is 42.6 Å². The highest BCUT2D eigenvalue weighted by Crippen LogP contribution is 2.36. The molecule has 3 heterocycles. The third kappa shape index (κ3) is 4.17. The molecule has 33 heavy (non-hydrogen) atoms. The molecule has 0 atom stereocenters. The molecule has 1 aliphatic carbocycles. The van der Waals surface area contributed by atoms with E-state index in [1.165, 1.54) is 29.0 Å². The minimum Gasteiger partial charge on any atom is -0.494 e. The van der Waals surface area contributed by atoms with Crippen molar-refractivity contribution in [3.05, 3.63) is 63.3 Å². The van der Waals surface area contributed by atoms with Crippen LogP contribution in [0.5, 0.6) is 5.75 Å². The molecular formula is C23H22F2N4O2S2. The minimum absolute atomic E-state index is 0.122. The van der Waals surface area contributed by atoms with E-state index in [0.717, 1.165) is 35.8 Å². The Kier molecular flexibility index (Phi) is 6.20. The number of fused-ring (bicyclic) bond motifs is 3. The number of aromatic nitrogens is 4. The fourth-order valence-electron chi connectivity index (χ4n) is 4.13. The largest absolute Gasteiger partial charge is 0.494 e. The first kappa shape index (κ1) is 22.1. The van der Waals surface area contributed by atoms with Crippen molar-refractivity contribution < 1.29 is 13.5 Å². The smallest absolute Gasteiger partial charge is 0.319 e. The molecule has 10 heteroatoms. The summed E-state index contributed by atoms with van der Waals surface area (Å²) in [5.41, 5.74) is 1.65. The summed E-state index contributed by atoms with van der Waals surface area (Å²) < 4.78 is 34.5. The number of thioether (sulfide) groups is 1. The van der Waals surface area contributed by atoms with Crippen molar-refractivity contribution in [1.82, 2.24) is 19.1 Å². The number of hydrogen-bond donors (Lipinski definition) is 0. The number of halogens is 2. The van der Waals surface area contributed by atoms with E-state index < -0.39 is 6.55 Å². The van der Waals surface area contributed by atoms with Gasteiger partial charge in [-0.25, -0.2) is 9.97 Å². The number of benzene rings is 1. The Labute approximate surface area is 197 Å². The monoisotopic (exact) mass is 488 g/mol.